The average Bonchev–Trinajstić information content (AvgIpc) is 2.14. The maximum atomic E-state index is 10.8. The Morgan fingerprint density at radius 2 is 2.00 bits per heavy atom. The molecule has 0 saturated heterocycles. The molecular weight excluding hydrogens is 218 g/mol. The molecule has 94 valence electrons. The van der Waals surface area contributed by atoms with Crippen molar-refractivity contribution in [3.63, 3.8) is 0 Å². The number of hydrogen-bond acceptors (Lipinski definition) is 3. The predicted molar refractivity (Wildman–Crippen MR) is 65.9 cm³/mol. The van der Waals surface area contributed by atoms with Gasteiger partial charge in [0.05, 0.1) is 6.54 Å². The van der Waals surface area contributed by atoms with Crippen LogP contribution in [0.2, 0.25) is 0 Å². The van der Waals surface area contributed by atoms with Crippen molar-refractivity contribution in [1.29, 1.82) is 0 Å². The molecule has 1 rings (SSSR count). The summed E-state index contributed by atoms with van der Waals surface area (Å²) < 4.78 is 0. The number of aliphatic carboxylic acids is 1. The summed E-state index contributed by atoms with van der Waals surface area (Å²) in [5, 5.41) is 18.3. The highest BCUT2D eigenvalue weighted by atomic mass is 16.4. The highest BCUT2D eigenvalue weighted by molar-refractivity contribution is 5.69. The predicted octanol–water partition coefficient (Wildman–Crippen LogP) is 2.08. The van der Waals surface area contributed by atoms with Crippen LogP contribution in [0.25, 0.3) is 0 Å². The highest BCUT2D eigenvalue weighted by Crippen LogP contribution is 2.19. The number of aromatic hydroxyl groups is 1. The van der Waals surface area contributed by atoms with E-state index in [1.54, 1.807) is 18.2 Å². The van der Waals surface area contributed by atoms with Crippen LogP contribution >= 0.6 is 0 Å². The lowest BCUT2D eigenvalue weighted by Crippen LogP contribution is -2.43. The van der Waals surface area contributed by atoms with Crippen LogP contribution in [-0.4, -0.2) is 33.2 Å². The Labute approximate surface area is 101 Å². The Bertz CT molecular complexity index is 396. The Kier molecular flexibility index (Phi) is 4.12. The fraction of sp³-hybridized carbons (Fsp3) is 0.462. The summed E-state index contributed by atoms with van der Waals surface area (Å²) in [6, 6.07) is 6.88. The molecule has 0 unspecified atom stereocenters. The molecule has 0 heterocycles. The number of benzene rings is 1. The molecule has 0 aliphatic carbocycles. The first-order valence-electron chi connectivity index (χ1n) is 5.54. The lowest BCUT2D eigenvalue weighted by molar-refractivity contribution is -0.139. The Balaban J connectivity index is 2.83. The van der Waals surface area contributed by atoms with Crippen molar-refractivity contribution < 1.29 is 15.0 Å². The van der Waals surface area contributed by atoms with E-state index in [9.17, 15) is 9.90 Å². The summed E-state index contributed by atoms with van der Waals surface area (Å²) in [6.45, 7) is 6.40. The third kappa shape index (κ3) is 4.44. The lowest BCUT2D eigenvalue weighted by Gasteiger charge is -2.34. The highest BCUT2D eigenvalue weighted by Gasteiger charge is 2.23. The van der Waals surface area contributed by atoms with Gasteiger partial charge in [-0.1, -0.05) is 12.1 Å². The van der Waals surface area contributed by atoms with Crippen LogP contribution in [0.15, 0.2) is 24.3 Å². The molecule has 0 bridgehead atoms. The molecule has 0 radical (unpaired) electrons. The zero-order chi connectivity index (χ0) is 13.1. The fourth-order valence-corrected chi connectivity index (χ4v) is 1.57. The number of hydrogen-bond donors (Lipinski definition) is 2. The van der Waals surface area contributed by atoms with Gasteiger partial charge in [0.15, 0.2) is 0 Å². The minimum Gasteiger partial charge on any atom is -0.508 e. The molecule has 17 heavy (non-hydrogen) atoms. The number of nitrogens with zero attached hydrogens (tertiary/aromatic N) is 1. The number of phenols is 1. The molecule has 0 atom stereocenters. The molecule has 0 fully saturated rings. The SMILES string of the molecule is CC(C)(C)N(CC(=O)O)Cc1cccc(O)c1. The lowest BCUT2D eigenvalue weighted by atomic mass is 10.0. The van der Waals surface area contributed by atoms with E-state index >= 15 is 0 Å². The first kappa shape index (κ1) is 13.5. The molecule has 0 spiro atoms. The second-order valence-electron chi connectivity index (χ2n) is 5.09. The van der Waals surface area contributed by atoms with Crippen molar-refractivity contribution in [1.82, 2.24) is 4.90 Å². The summed E-state index contributed by atoms with van der Waals surface area (Å²) in [5.74, 6) is -0.647. The normalized spacial score (nSPS) is 11.8. The van der Waals surface area contributed by atoms with Crippen LogP contribution in [0.5, 0.6) is 5.75 Å². The molecule has 4 heteroatoms. The number of rotatable bonds is 4. The van der Waals surface area contributed by atoms with Crippen LogP contribution in [0.1, 0.15) is 26.3 Å². The summed E-state index contributed by atoms with van der Waals surface area (Å²) in [5.41, 5.74) is 0.672. The van der Waals surface area contributed by atoms with Crippen molar-refractivity contribution in [2.24, 2.45) is 0 Å². The van der Waals surface area contributed by atoms with E-state index in [0.717, 1.165) is 5.56 Å². The molecule has 0 aliphatic heterocycles. The van der Waals surface area contributed by atoms with Gasteiger partial charge in [-0.25, -0.2) is 0 Å². The van der Waals surface area contributed by atoms with E-state index in [-0.39, 0.29) is 17.8 Å². The second kappa shape index (κ2) is 5.19. The fourth-order valence-electron chi connectivity index (χ4n) is 1.57. The molecule has 0 amide bonds. The largest absolute Gasteiger partial charge is 0.508 e. The van der Waals surface area contributed by atoms with E-state index in [0.29, 0.717) is 6.54 Å². The standard InChI is InChI=1S/C13H19NO3/c1-13(2,3)14(9-12(16)17)8-10-5-4-6-11(15)7-10/h4-7,15H,8-9H2,1-3H3,(H,16,17). The van der Waals surface area contributed by atoms with Crippen molar-refractivity contribution in [3.05, 3.63) is 29.8 Å². The van der Waals surface area contributed by atoms with E-state index in [1.807, 2.05) is 31.7 Å². The number of phenolic OH excluding ortho intramolecular Hbond substituents is 1. The van der Waals surface area contributed by atoms with E-state index < -0.39 is 5.97 Å². The van der Waals surface area contributed by atoms with Gasteiger partial charge in [-0.15, -0.1) is 0 Å². The molecule has 0 aromatic heterocycles. The summed E-state index contributed by atoms with van der Waals surface area (Å²) in [7, 11) is 0. The molecule has 0 aliphatic rings. The number of carboxylic acids is 1. The summed E-state index contributed by atoms with van der Waals surface area (Å²) in [4.78, 5) is 12.7. The van der Waals surface area contributed by atoms with Crippen molar-refractivity contribution in [2.75, 3.05) is 6.54 Å². The van der Waals surface area contributed by atoms with Gasteiger partial charge in [0, 0.05) is 12.1 Å². The topological polar surface area (TPSA) is 60.8 Å². The van der Waals surface area contributed by atoms with Gasteiger partial charge in [-0.3, -0.25) is 9.69 Å². The van der Waals surface area contributed by atoms with Crippen LogP contribution in [0.4, 0.5) is 0 Å². The molecule has 1 aromatic rings. The Morgan fingerprint density at radius 3 is 2.47 bits per heavy atom. The number of carbonyl (C=O) groups is 1. The molecule has 2 N–H and O–H groups in total. The van der Waals surface area contributed by atoms with Crippen molar-refractivity contribution in [2.45, 2.75) is 32.9 Å². The maximum Gasteiger partial charge on any atom is 0.317 e. The van der Waals surface area contributed by atoms with Crippen molar-refractivity contribution in [3.8, 4) is 5.75 Å². The van der Waals surface area contributed by atoms with Gasteiger partial charge in [-0.05, 0) is 38.5 Å². The van der Waals surface area contributed by atoms with E-state index in [2.05, 4.69) is 0 Å². The van der Waals surface area contributed by atoms with Gasteiger partial charge in [0.25, 0.3) is 0 Å². The van der Waals surface area contributed by atoms with Crippen LogP contribution < -0.4 is 0 Å². The Morgan fingerprint density at radius 1 is 1.35 bits per heavy atom. The van der Waals surface area contributed by atoms with Crippen LogP contribution in [0, 0.1) is 0 Å². The van der Waals surface area contributed by atoms with Crippen LogP contribution in [0.3, 0.4) is 0 Å². The van der Waals surface area contributed by atoms with Gasteiger partial charge in [-0.2, -0.15) is 0 Å². The Hall–Kier alpha value is -1.55. The average molecular weight is 237 g/mol. The third-order valence-corrected chi connectivity index (χ3v) is 2.56. The van der Waals surface area contributed by atoms with E-state index in [1.165, 1.54) is 0 Å². The van der Waals surface area contributed by atoms with Gasteiger partial charge in [0.2, 0.25) is 0 Å². The molecule has 4 nitrogen and oxygen atoms in total. The van der Waals surface area contributed by atoms with Gasteiger partial charge in [0.1, 0.15) is 5.75 Å². The zero-order valence-corrected chi connectivity index (χ0v) is 10.5. The zero-order valence-electron chi connectivity index (χ0n) is 10.5. The first-order chi connectivity index (χ1) is 7.79. The molecule has 0 saturated carbocycles. The summed E-state index contributed by atoms with van der Waals surface area (Å²) in [6.07, 6.45) is 0. The second-order valence-corrected chi connectivity index (χ2v) is 5.09. The monoisotopic (exact) mass is 237 g/mol. The third-order valence-electron chi connectivity index (χ3n) is 2.56. The molecule has 1 aromatic carbocycles. The minimum atomic E-state index is -0.847. The first-order valence-corrected chi connectivity index (χ1v) is 5.54. The minimum absolute atomic E-state index is 0.0147. The van der Waals surface area contributed by atoms with Crippen molar-refractivity contribution >= 4 is 5.97 Å². The molecular formula is C13H19NO3. The van der Waals surface area contributed by atoms with Gasteiger partial charge < -0.3 is 10.2 Å². The van der Waals surface area contributed by atoms with E-state index in [4.69, 9.17) is 5.11 Å². The quantitative estimate of drug-likeness (QED) is 0.841. The van der Waals surface area contributed by atoms with Crippen LogP contribution in [-0.2, 0) is 11.3 Å². The number of carboxylic acid groups (broad SMARTS) is 1. The summed E-state index contributed by atoms with van der Waals surface area (Å²) >= 11 is 0. The van der Waals surface area contributed by atoms with Gasteiger partial charge >= 0.3 is 5.97 Å². The smallest absolute Gasteiger partial charge is 0.317 e. The maximum absolute atomic E-state index is 10.8.